The molecular weight excluding hydrogens is 337 g/mol. The number of anilines is 1. The van der Waals surface area contributed by atoms with Crippen LogP contribution in [0.15, 0.2) is 48.5 Å². The van der Waals surface area contributed by atoms with Crippen LogP contribution in [0.1, 0.15) is 28.4 Å². The maximum atomic E-state index is 14.0. The summed E-state index contributed by atoms with van der Waals surface area (Å²) in [5.41, 5.74) is 1.94. The van der Waals surface area contributed by atoms with Gasteiger partial charge in [-0.25, -0.2) is 9.18 Å². The number of aryl methyl sites for hydroxylation is 1. The molecule has 0 spiro atoms. The topological polar surface area (TPSA) is 72.5 Å². The number of Topliss-reactive ketones (excluding diaryl/α,β-unsaturated/α-hetero) is 1. The van der Waals surface area contributed by atoms with Crippen molar-refractivity contribution in [1.82, 2.24) is 0 Å². The van der Waals surface area contributed by atoms with Crippen LogP contribution in [-0.2, 0) is 14.3 Å². The van der Waals surface area contributed by atoms with E-state index in [4.69, 9.17) is 4.74 Å². The van der Waals surface area contributed by atoms with Crippen molar-refractivity contribution >= 4 is 29.4 Å². The summed E-state index contributed by atoms with van der Waals surface area (Å²) >= 11 is 0. The maximum Gasteiger partial charge on any atom is 0.331 e. The van der Waals surface area contributed by atoms with E-state index in [-0.39, 0.29) is 17.2 Å². The zero-order valence-corrected chi connectivity index (χ0v) is 14.4. The summed E-state index contributed by atoms with van der Waals surface area (Å²) in [5.74, 6) is -2.52. The summed E-state index contributed by atoms with van der Waals surface area (Å²) in [4.78, 5) is 34.6. The molecule has 0 heterocycles. The number of carbonyl (C=O) groups is 3. The first-order chi connectivity index (χ1) is 12.3. The monoisotopic (exact) mass is 355 g/mol. The average molecular weight is 355 g/mol. The van der Waals surface area contributed by atoms with E-state index in [0.29, 0.717) is 0 Å². The van der Waals surface area contributed by atoms with Gasteiger partial charge in [0.1, 0.15) is 5.82 Å². The summed E-state index contributed by atoms with van der Waals surface area (Å²) in [6.45, 7) is 2.67. The lowest BCUT2D eigenvalue weighted by atomic mass is 10.1. The molecule has 1 N–H and O–H groups in total. The first-order valence-electron chi connectivity index (χ1n) is 7.87. The highest BCUT2D eigenvalue weighted by atomic mass is 19.1. The fraction of sp³-hybridized carbons (Fsp3) is 0.150. The SMILES string of the molecule is CC(=O)Nc1ccc(C(=O)COC(=O)/C=C/c2ccc(C)cc2)c(F)c1. The van der Waals surface area contributed by atoms with Crippen LogP contribution in [0.25, 0.3) is 6.08 Å². The molecule has 2 aromatic rings. The zero-order chi connectivity index (χ0) is 19.1. The maximum absolute atomic E-state index is 14.0. The Morgan fingerprint density at radius 2 is 1.81 bits per heavy atom. The lowest BCUT2D eigenvalue weighted by Crippen LogP contribution is -2.14. The second-order valence-electron chi connectivity index (χ2n) is 5.65. The van der Waals surface area contributed by atoms with Crippen LogP contribution >= 0.6 is 0 Å². The number of amides is 1. The van der Waals surface area contributed by atoms with E-state index in [1.54, 1.807) is 6.08 Å². The Kier molecular flexibility index (Phi) is 6.38. The van der Waals surface area contributed by atoms with Crippen molar-refractivity contribution in [2.24, 2.45) is 0 Å². The number of ether oxygens (including phenoxy) is 1. The molecule has 5 nitrogen and oxygen atoms in total. The highest BCUT2D eigenvalue weighted by Gasteiger charge is 2.14. The molecule has 0 bridgehead atoms. The smallest absolute Gasteiger partial charge is 0.331 e. The van der Waals surface area contributed by atoms with Gasteiger partial charge in [0, 0.05) is 18.7 Å². The molecule has 0 radical (unpaired) electrons. The van der Waals surface area contributed by atoms with E-state index >= 15 is 0 Å². The number of rotatable bonds is 6. The number of halogens is 1. The first kappa shape index (κ1) is 19.1. The van der Waals surface area contributed by atoms with Crippen molar-refractivity contribution in [3.05, 3.63) is 71.0 Å². The number of ketones is 1. The van der Waals surface area contributed by atoms with Gasteiger partial charge in [0.05, 0.1) is 5.56 Å². The third-order valence-electron chi connectivity index (χ3n) is 3.42. The Hall–Kier alpha value is -3.28. The van der Waals surface area contributed by atoms with Gasteiger partial charge in [-0.1, -0.05) is 29.8 Å². The Morgan fingerprint density at radius 3 is 2.42 bits per heavy atom. The Morgan fingerprint density at radius 1 is 1.12 bits per heavy atom. The summed E-state index contributed by atoms with van der Waals surface area (Å²) in [5, 5.41) is 2.41. The molecule has 0 saturated carbocycles. The van der Waals surface area contributed by atoms with Crippen LogP contribution in [0.2, 0.25) is 0 Å². The third kappa shape index (κ3) is 5.66. The molecule has 0 aromatic heterocycles. The minimum Gasteiger partial charge on any atom is -0.454 e. The number of carbonyl (C=O) groups excluding carboxylic acids is 3. The van der Waals surface area contributed by atoms with Crippen molar-refractivity contribution in [3.63, 3.8) is 0 Å². The van der Waals surface area contributed by atoms with Crippen LogP contribution < -0.4 is 5.32 Å². The Bertz CT molecular complexity index is 857. The molecule has 2 rings (SSSR count). The van der Waals surface area contributed by atoms with Crippen LogP contribution in [0.5, 0.6) is 0 Å². The number of nitrogens with one attached hydrogen (secondary N) is 1. The van der Waals surface area contributed by atoms with Gasteiger partial charge in [0.2, 0.25) is 11.7 Å². The van der Waals surface area contributed by atoms with Gasteiger partial charge in [0.25, 0.3) is 0 Å². The van der Waals surface area contributed by atoms with E-state index in [9.17, 15) is 18.8 Å². The van der Waals surface area contributed by atoms with E-state index in [1.165, 1.54) is 25.1 Å². The average Bonchev–Trinajstić information content (AvgIpc) is 2.58. The minimum absolute atomic E-state index is 0.214. The van der Waals surface area contributed by atoms with Crippen LogP contribution in [0.4, 0.5) is 10.1 Å². The molecule has 134 valence electrons. The zero-order valence-electron chi connectivity index (χ0n) is 14.4. The summed E-state index contributed by atoms with van der Waals surface area (Å²) in [6, 6.07) is 11.2. The van der Waals surface area contributed by atoms with Crippen LogP contribution in [-0.4, -0.2) is 24.3 Å². The van der Waals surface area contributed by atoms with Gasteiger partial charge in [0.15, 0.2) is 6.61 Å². The van der Waals surface area contributed by atoms with Crippen molar-refractivity contribution < 1.29 is 23.5 Å². The molecular formula is C20H18FNO4. The van der Waals surface area contributed by atoms with Crippen molar-refractivity contribution in [3.8, 4) is 0 Å². The number of hydrogen-bond donors (Lipinski definition) is 1. The van der Waals surface area contributed by atoms with Crippen molar-refractivity contribution in [2.45, 2.75) is 13.8 Å². The van der Waals surface area contributed by atoms with E-state index in [2.05, 4.69) is 5.32 Å². The number of esters is 1. The molecule has 6 heteroatoms. The largest absolute Gasteiger partial charge is 0.454 e. The summed E-state index contributed by atoms with van der Waals surface area (Å²) in [6.07, 6.45) is 2.77. The fourth-order valence-corrected chi connectivity index (χ4v) is 2.13. The molecule has 26 heavy (non-hydrogen) atoms. The van der Waals surface area contributed by atoms with Gasteiger partial charge >= 0.3 is 5.97 Å². The Balaban J connectivity index is 1.92. The Labute approximate surface area is 150 Å². The third-order valence-corrected chi connectivity index (χ3v) is 3.42. The summed E-state index contributed by atoms with van der Waals surface area (Å²) in [7, 11) is 0. The normalized spacial score (nSPS) is 10.6. The van der Waals surface area contributed by atoms with E-state index < -0.39 is 24.2 Å². The molecule has 0 saturated heterocycles. The number of hydrogen-bond acceptors (Lipinski definition) is 4. The van der Waals surface area contributed by atoms with Crippen LogP contribution in [0, 0.1) is 12.7 Å². The lowest BCUT2D eigenvalue weighted by molar-refractivity contribution is -0.136. The second-order valence-corrected chi connectivity index (χ2v) is 5.65. The molecule has 1 amide bonds. The lowest BCUT2D eigenvalue weighted by Gasteiger charge is -2.06. The van der Waals surface area contributed by atoms with Gasteiger partial charge in [-0.05, 0) is 36.8 Å². The van der Waals surface area contributed by atoms with Crippen molar-refractivity contribution in [2.75, 3.05) is 11.9 Å². The second kappa shape index (κ2) is 8.71. The molecule has 0 aliphatic rings. The molecule has 0 aliphatic heterocycles. The number of benzene rings is 2. The predicted octanol–water partition coefficient (Wildman–Crippen LogP) is 3.53. The highest BCUT2D eigenvalue weighted by molar-refractivity contribution is 5.99. The highest BCUT2D eigenvalue weighted by Crippen LogP contribution is 2.15. The van der Waals surface area contributed by atoms with Gasteiger partial charge in [-0.15, -0.1) is 0 Å². The molecule has 0 aliphatic carbocycles. The van der Waals surface area contributed by atoms with Crippen LogP contribution in [0.3, 0.4) is 0 Å². The molecule has 0 fully saturated rings. The van der Waals surface area contributed by atoms with E-state index in [0.717, 1.165) is 17.2 Å². The van der Waals surface area contributed by atoms with Crippen molar-refractivity contribution in [1.29, 1.82) is 0 Å². The molecule has 2 aromatic carbocycles. The molecule has 0 atom stereocenters. The van der Waals surface area contributed by atoms with Gasteiger partial charge in [-0.3, -0.25) is 9.59 Å². The summed E-state index contributed by atoms with van der Waals surface area (Å²) < 4.78 is 18.8. The predicted molar refractivity (Wildman–Crippen MR) is 96.2 cm³/mol. The first-order valence-corrected chi connectivity index (χ1v) is 7.87. The molecule has 0 unspecified atom stereocenters. The fourth-order valence-electron chi connectivity index (χ4n) is 2.13. The standard InChI is InChI=1S/C20H18FNO4/c1-13-3-5-15(6-4-13)7-10-20(25)26-12-19(24)17-9-8-16(11-18(17)21)22-14(2)23/h3-11H,12H2,1-2H3,(H,22,23)/b10-7+. The quantitative estimate of drug-likeness (QED) is 0.489. The van der Waals surface area contributed by atoms with Gasteiger partial charge in [-0.2, -0.15) is 0 Å². The minimum atomic E-state index is -0.799. The van der Waals surface area contributed by atoms with E-state index in [1.807, 2.05) is 31.2 Å². The van der Waals surface area contributed by atoms with Gasteiger partial charge < -0.3 is 10.1 Å².